The zero-order valence-electron chi connectivity index (χ0n) is 26.4. The van der Waals surface area contributed by atoms with Crippen molar-refractivity contribution in [1.82, 2.24) is 29.9 Å². The highest BCUT2D eigenvalue weighted by Gasteiger charge is 2.50. The molecule has 1 aromatic heterocycles. The molecule has 1 unspecified atom stereocenters. The number of hydrogen-bond donors (Lipinski definition) is 1. The van der Waals surface area contributed by atoms with Crippen LogP contribution in [0.1, 0.15) is 64.7 Å². The van der Waals surface area contributed by atoms with Crippen LogP contribution in [0.3, 0.4) is 0 Å². The van der Waals surface area contributed by atoms with E-state index >= 15 is 0 Å². The summed E-state index contributed by atoms with van der Waals surface area (Å²) in [6.07, 6.45) is 2.81. The van der Waals surface area contributed by atoms with Crippen LogP contribution in [0, 0.1) is 17.2 Å². The molecular formula is C31H48FN7O3. The third-order valence-corrected chi connectivity index (χ3v) is 8.44. The van der Waals surface area contributed by atoms with Crippen LogP contribution in [0.25, 0.3) is 0 Å². The molecule has 0 aliphatic carbocycles. The second kappa shape index (κ2) is 13.2. The number of benzene rings is 1. The highest BCUT2D eigenvalue weighted by atomic mass is 19.1. The predicted molar refractivity (Wildman–Crippen MR) is 161 cm³/mol. The number of amides is 1. The third-order valence-electron chi connectivity index (χ3n) is 8.44. The number of anilines is 1. The van der Waals surface area contributed by atoms with Crippen molar-refractivity contribution in [1.29, 1.82) is 0 Å². The molecule has 11 heteroatoms. The third kappa shape index (κ3) is 7.18. The number of carbonyl (C=O) groups excluding carboxylic acids is 1. The van der Waals surface area contributed by atoms with Gasteiger partial charge in [-0.25, -0.2) is 9.37 Å². The SMILES string of the molecule is CC(C)[C@@H](CC(O)CN(C)C)N1CC2(CCN(c3ncnnc3Oc3ccc(F)cc3C(=O)N(C(C)C)C(C)C)C2)C1. The average molecular weight is 586 g/mol. The minimum atomic E-state index is -0.513. The zero-order chi connectivity index (χ0) is 30.8. The van der Waals surface area contributed by atoms with Crippen LogP contribution in [-0.2, 0) is 0 Å². The van der Waals surface area contributed by atoms with E-state index in [0.717, 1.165) is 39.0 Å². The molecule has 42 heavy (non-hydrogen) atoms. The van der Waals surface area contributed by atoms with Crippen molar-refractivity contribution in [2.75, 3.05) is 51.7 Å². The van der Waals surface area contributed by atoms with E-state index in [1.54, 1.807) is 4.90 Å². The second-order valence-electron chi connectivity index (χ2n) is 13.3. The smallest absolute Gasteiger partial charge is 0.282 e. The van der Waals surface area contributed by atoms with Crippen molar-refractivity contribution in [3.8, 4) is 11.6 Å². The monoisotopic (exact) mass is 585 g/mol. The van der Waals surface area contributed by atoms with Crippen molar-refractivity contribution in [2.45, 2.75) is 78.6 Å². The molecule has 2 aliphatic heterocycles. The highest BCUT2D eigenvalue weighted by molar-refractivity contribution is 5.97. The van der Waals surface area contributed by atoms with Crippen molar-refractivity contribution in [3.63, 3.8) is 0 Å². The summed E-state index contributed by atoms with van der Waals surface area (Å²) < 4.78 is 20.5. The minimum absolute atomic E-state index is 0.0725. The fraction of sp³-hybridized carbons (Fsp3) is 0.677. The van der Waals surface area contributed by atoms with Crippen LogP contribution in [-0.4, -0.2) is 112 Å². The Morgan fingerprint density at radius 3 is 2.43 bits per heavy atom. The summed E-state index contributed by atoms with van der Waals surface area (Å²) in [6, 6.07) is 4.14. The molecule has 2 aromatic rings. The molecule has 232 valence electrons. The summed E-state index contributed by atoms with van der Waals surface area (Å²) in [5.74, 6) is 0.598. The summed E-state index contributed by atoms with van der Waals surface area (Å²) >= 11 is 0. The van der Waals surface area contributed by atoms with Gasteiger partial charge in [-0.3, -0.25) is 9.69 Å². The summed E-state index contributed by atoms with van der Waals surface area (Å²) in [5.41, 5.74) is 0.270. The Kier molecular flexibility index (Phi) is 10.1. The maximum atomic E-state index is 14.3. The molecule has 1 aromatic carbocycles. The van der Waals surface area contributed by atoms with Crippen LogP contribution >= 0.6 is 0 Å². The predicted octanol–water partition coefficient (Wildman–Crippen LogP) is 3.91. The normalized spacial score (nSPS) is 18.3. The molecule has 0 bridgehead atoms. The number of nitrogens with zero attached hydrogens (tertiary/aromatic N) is 7. The fourth-order valence-corrected chi connectivity index (χ4v) is 6.65. The molecule has 10 nitrogen and oxygen atoms in total. The zero-order valence-corrected chi connectivity index (χ0v) is 26.4. The first-order valence-electron chi connectivity index (χ1n) is 15.1. The number of aromatic nitrogens is 3. The van der Waals surface area contributed by atoms with Gasteiger partial charge < -0.3 is 24.5 Å². The Hall–Kier alpha value is -2.89. The number of carbonyl (C=O) groups is 1. The number of likely N-dealkylation sites (tertiary alicyclic amines) is 1. The van der Waals surface area contributed by atoms with E-state index < -0.39 is 5.82 Å². The second-order valence-corrected chi connectivity index (χ2v) is 13.3. The van der Waals surface area contributed by atoms with Crippen LogP contribution in [0.15, 0.2) is 24.5 Å². The maximum absolute atomic E-state index is 14.3. The van der Waals surface area contributed by atoms with Crippen molar-refractivity contribution >= 4 is 11.7 Å². The molecule has 1 amide bonds. The number of halogens is 1. The van der Waals surface area contributed by atoms with Crippen molar-refractivity contribution < 1.29 is 19.0 Å². The van der Waals surface area contributed by atoms with Gasteiger partial charge in [0.1, 0.15) is 17.9 Å². The van der Waals surface area contributed by atoms with Gasteiger partial charge in [-0.2, -0.15) is 0 Å². The minimum Gasteiger partial charge on any atom is -0.434 e. The standard InChI is InChI=1S/C31H48FN7O3/c1-20(2)26(14-24(40)15-36(7)8)38-17-31(18-38)11-12-37(16-31)28-29(35-34-19-33-28)42-27-10-9-23(32)13-25(27)30(41)39(21(3)4)22(5)6/h9-10,13,19-22,24,26,40H,11-12,14-18H2,1-8H3/t24?,26-/m1/s1. The Bertz CT molecular complexity index is 1210. The fourth-order valence-electron chi connectivity index (χ4n) is 6.65. The lowest BCUT2D eigenvalue weighted by Crippen LogP contribution is -2.62. The molecule has 2 saturated heterocycles. The van der Waals surface area contributed by atoms with E-state index in [-0.39, 0.29) is 46.7 Å². The van der Waals surface area contributed by atoms with Crippen LogP contribution in [0.2, 0.25) is 0 Å². The van der Waals surface area contributed by atoms with Crippen LogP contribution in [0.5, 0.6) is 11.6 Å². The van der Waals surface area contributed by atoms with Gasteiger partial charge >= 0.3 is 0 Å². The van der Waals surface area contributed by atoms with Crippen LogP contribution in [0.4, 0.5) is 10.2 Å². The summed E-state index contributed by atoms with van der Waals surface area (Å²) in [4.78, 5) is 26.4. The Labute approximate surface area is 249 Å². The molecule has 2 aliphatic rings. The van der Waals surface area contributed by atoms with Crippen molar-refractivity contribution in [3.05, 3.63) is 35.9 Å². The quantitative estimate of drug-likeness (QED) is 0.398. The van der Waals surface area contributed by atoms with Gasteiger partial charge in [0.2, 0.25) is 0 Å². The Balaban J connectivity index is 1.49. The number of rotatable bonds is 12. The molecule has 0 saturated carbocycles. The van der Waals surface area contributed by atoms with Gasteiger partial charge in [0.25, 0.3) is 11.8 Å². The lowest BCUT2D eigenvalue weighted by Gasteiger charge is -2.53. The molecule has 1 N–H and O–H groups in total. The molecule has 0 radical (unpaired) electrons. The summed E-state index contributed by atoms with van der Waals surface area (Å²) in [7, 11) is 3.97. The van der Waals surface area contributed by atoms with E-state index in [0.29, 0.717) is 24.3 Å². The number of hydrogen-bond acceptors (Lipinski definition) is 9. The van der Waals surface area contributed by atoms with Gasteiger partial charge in [-0.1, -0.05) is 13.8 Å². The van der Waals surface area contributed by atoms with Gasteiger partial charge in [0.15, 0.2) is 5.82 Å². The van der Waals surface area contributed by atoms with Crippen molar-refractivity contribution in [2.24, 2.45) is 11.3 Å². The van der Waals surface area contributed by atoms with E-state index in [4.69, 9.17) is 4.74 Å². The summed E-state index contributed by atoms with van der Waals surface area (Å²) in [6.45, 7) is 16.4. The van der Waals surface area contributed by atoms with E-state index in [1.807, 2.05) is 46.7 Å². The van der Waals surface area contributed by atoms with Gasteiger partial charge in [-0.05, 0) is 78.7 Å². The van der Waals surface area contributed by atoms with E-state index in [1.165, 1.54) is 24.5 Å². The maximum Gasteiger partial charge on any atom is 0.282 e. The lowest BCUT2D eigenvalue weighted by atomic mass is 9.76. The topological polar surface area (TPSA) is 98.2 Å². The molecular weight excluding hydrogens is 537 g/mol. The van der Waals surface area contributed by atoms with Crippen LogP contribution < -0.4 is 9.64 Å². The lowest BCUT2D eigenvalue weighted by molar-refractivity contribution is -0.0476. The van der Waals surface area contributed by atoms with E-state index in [2.05, 4.69) is 38.8 Å². The first kappa shape index (κ1) is 32.0. The Morgan fingerprint density at radius 2 is 1.81 bits per heavy atom. The largest absolute Gasteiger partial charge is 0.434 e. The average Bonchev–Trinajstić information content (AvgIpc) is 3.32. The number of aliphatic hydroxyl groups excluding tert-OH is 1. The van der Waals surface area contributed by atoms with E-state index in [9.17, 15) is 14.3 Å². The molecule has 2 fully saturated rings. The number of aliphatic hydroxyl groups is 1. The molecule has 1 spiro atoms. The van der Waals surface area contributed by atoms with Gasteiger partial charge in [-0.15, -0.1) is 10.2 Å². The first-order valence-corrected chi connectivity index (χ1v) is 15.1. The summed E-state index contributed by atoms with van der Waals surface area (Å²) in [5, 5.41) is 18.8. The van der Waals surface area contributed by atoms with Gasteiger partial charge in [0, 0.05) is 56.3 Å². The highest BCUT2D eigenvalue weighted by Crippen LogP contribution is 2.44. The molecule has 4 rings (SSSR count). The number of likely N-dealkylation sites (N-methyl/N-ethyl adjacent to an activating group) is 1. The Morgan fingerprint density at radius 1 is 1.12 bits per heavy atom. The van der Waals surface area contributed by atoms with Gasteiger partial charge in [0.05, 0.1) is 11.7 Å². The molecule has 2 atom stereocenters. The first-order chi connectivity index (χ1) is 19.8. The number of ether oxygens (including phenoxy) is 1. The molecule has 3 heterocycles.